The zero-order valence-corrected chi connectivity index (χ0v) is 18.0. The molecule has 5 rings (SSSR count). The number of hydrogen-bond acceptors (Lipinski definition) is 4. The lowest BCUT2D eigenvalue weighted by molar-refractivity contribution is -0.126. The van der Waals surface area contributed by atoms with Gasteiger partial charge in [0.1, 0.15) is 5.92 Å². The number of imide groups is 1. The van der Waals surface area contributed by atoms with Crippen molar-refractivity contribution in [2.45, 2.75) is 19.1 Å². The zero-order chi connectivity index (χ0) is 21.7. The number of amides is 2. The lowest BCUT2D eigenvalue weighted by atomic mass is 9.90. The smallest absolute Gasteiger partial charge is 0.266 e. The molecule has 0 bridgehead atoms. The predicted molar refractivity (Wildman–Crippen MR) is 120 cm³/mol. The number of hydrogen-bond donors (Lipinski definition) is 0. The van der Waals surface area contributed by atoms with Gasteiger partial charge in [0.05, 0.1) is 17.4 Å². The molecule has 2 fully saturated rings. The molecule has 3 aromatic carbocycles. The molecule has 0 saturated carbocycles. The van der Waals surface area contributed by atoms with Gasteiger partial charge in [-0.2, -0.15) is 0 Å². The van der Waals surface area contributed by atoms with Crippen LogP contribution in [0.1, 0.15) is 17.2 Å². The van der Waals surface area contributed by atoms with Crippen LogP contribution in [0.4, 0.5) is 11.4 Å². The van der Waals surface area contributed by atoms with Crippen molar-refractivity contribution in [2.24, 2.45) is 5.92 Å². The molecule has 7 heteroatoms. The van der Waals surface area contributed by atoms with Crippen LogP contribution >= 0.6 is 23.2 Å². The second kappa shape index (κ2) is 7.68. The van der Waals surface area contributed by atoms with Crippen molar-refractivity contribution in [1.29, 1.82) is 0 Å². The Morgan fingerprint density at radius 3 is 2.26 bits per heavy atom. The van der Waals surface area contributed by atoms with Crippen LogP contribution in [0.2, 0.25) is 10.0 Å². The molecule has 5 nitrogen and oxygen atoms in total. The summed E-state index contributed by atoms with van der Waals surface area (Å²) in [7, 11) is 0. The zero-order valence-electron chi connectivity index (χ0n) is 16.5. The van der Waals surface area contributed by atoms with Crippen LogP contribution in [-0.2, 0) is 14.4 Å². The minimum absolute atomic E-state index is 0.307. The van der Waals surface area contributed by atoms with Gasteiger partial charge in [-0.1, -0.05) is 59.6 Å². The molecular weight excluding hydrogens is 435 g/mol. The first-order chi connectivity index (χ1) is 15.0. The molecule has 0 spiro atoms. The van der Waals surface area contributed by atoms with E-state index in [1.807, 2.05) is 42.5 Å². The molecule has 156 valence electrons. The highest BCUT2D eigenvalue weighted by Gasteiger charge is 2.60. The summed E-state index contributed by atoms with van der Waals surface area (Å²) in [5, 5.41) is 2.75. The number of rotatable bonds is 3. The number of halogens is 2. The molecule has 2 aliphatic rings. The molecule has 2 aliphatic heterocycles. The molecule has 3 aromatic rings. The molecule has 2 amide bonds. The summed E-state index contributed by atoms with van der Waals surface area (Å²) in [5.41, 5.74) is 2.77. The number of anilines is 2. The minimum atomic E-state index is -0.924. The number of benzene rings is 3. The molecule has 3 unspecified atom stereocenters. The first kappa shape index (κ1) is 20.1. The summed E-state index contributed by atoms with van der Waals surface area (Å²) >= 11 is 12.3. The van der Waals surface area contributed by atoms with E-state index < -0.39 is 24.0 Å². The maximum absolute atomic E-state index is 13.6. The molecule has 3 atom stereocenters. The summed E-state index contributed by atoms with van der Waals surface area (Å²) in [4.78, 5) is 34.3. The van der Waals surface area contributed by atoms with Crippen LogP contribution in [0.3, 0.4) is 0 Å². The van der Waals surface area contributed by atoms with Crippen molar-refractivity contribution in [3.05, 3.63) is 94.0 Å². The van der Waals surface area contributed by atoms with Crippen molar-refractivity contribution in [1.82, 2.24) is 0 Å². The van der Waals surface area contributed by atoms with Crippen LogP contribution in [0, 0.1) is 12.8 Å². The van der Waals surface area contributed by atoms with E-state index in [0.29, 0.717) is 21.3 Å². The Labute approximate surface area is 189 Å². The molecule has 2 heterocycles. The first-order valence-corrected chi connectivity index (χ1v) is 10.6. The summed E-state index contributed by atoms with van der Waals surface area (Å²) in [6, 6.07) is 21.4. The second-order valence-electron chi connectivity index (χ2n) is 7.61. The second-order valence-corrected chi connectivity index (χ2v) is 8.45. The van der Waals surface area contributed by atoms with Gasteiger partial charge in [-0.3, -0.25) is 14.4 Å². The van der Waals surface area contributed by atoms with Crippen molar-refractivity contribution < 1.29 is 14.4 Å². The maximum Gasteiger partial charge on any atom is 0.266 e. The quantitative estimate of drug-likeness (QED) is 0.502. The molecule has 0 aliphatic carbocycles. The standard InChI is InChI=1S/C24H18Cl2N2O3/c1-14-18(26)8-5-9-19(14)27-23(29)20-21(15-10-12-16(25)13-11-15)28(31-22(20)24(27)30)17-6-3-2-4-7-17/h2-13,20-22H,1H3. The van der Waals surface area contributed by atoms with E-state index >= 15 is 0 Å². The highest BCUT2D eigenvalue weighted by molar-refractivity contribution is 6.32. The van der Waals surface area contributed by atoms with E-state index in [2.05, 4.69) is 0 Å². The molecule has 0 N–H and O–H groups in total. The Bertz CT molecular complexity index is 1170. The Morgan fingerprint density at radius 2 is 1.55 bits per heavy atom. The van der Waals surface area contributed by atoms with Gasteiger partial charge in [-0.25, -0.2) is 9.96 Å². The monoisotopic (exact) mass is 452 g/mol. The van der Waals surface area contributed by atoms with Crippen LogP contribution < -0.4 is 9.96 Å². The third kappa shape index (κ3) is 3.21. The van der Waals surface area contributed by atoms with E-state index in [-0.39, 0.29) is 5.91 Å². The Hall–Kier alpha value is -2.86. The Morgan fingerprint density at radius 1 is 0.839 bits per heavy atom. The highest BCUT2D eigenvalue weighted by atomic mass is 35.5. The predicted octanol–water partition coefficient (Wildman–Crippen LogP) is 5.35. The molecule has 0 radical (unpaired) electrons. The average Bonchev–Trinajstić information content (AvgIpc) is 3.28. The minimum Gasteiger partial charge on any atom is -0.273 e. The van der Waals surface area contributed by atoms with Crippen molar-refractivity contribution in [3.63, 3.8) is 0 Å². The SMILES string of the molecule is Cc1c(Cl)cccc1N1C(=O)C2ON(c3ccccc3)C(c3ccc(Cl)cc3)C2C1=O. The molecular formula is C24H18Cl2N2O3. The van der Waals surface area contributed by atoms with Gasteiger partial charge in [-0.05, 0) is 54.4 Å². The van der Waals surface area contributed by atoms with Crippen molar-refractivity contribution in [2.75, 3.05) is 9.96 Å². The third-order valence-electron chi connectivity index (χ3n) is 5.82. The number of carbonyl (C=O) groups excluding carboxylic acids is 2. The fourth-order valence-electron chi connectivity index (χ4n) is 4.29. The van der Waals surface area contributed by atoms with E-state index in [4.69, 9.17) is 28.0 Å². The van der Waals surface area contributed by atoms with Gasteiger partial charge in [0, 0.05) is 10.0 Å². The van der Waals surface area contributed by atoms with Crippen molar-refractivity contribution >= 4 is 46.4 Å². The van der Waals surface area contributed by atoms with Crippen LogP contribution in [0.5, 0.6) is 0 Å². The van der Waals surface area contributed by atoms with Gasteiger partial charge >= 0.3 is 0 Å². The number of nitrogens with zero attached hydrogens (tertiary/aromatic N) is 2. The number of hydroxylamine groups is 1. The van der Waals surface area contributed by atoms with E-state index in [1.54, 1.807) is 42.3 Å². The normalized spacial score (nSPS) is 22.9. The summed E-state index contributed by atoms with van der Waals surface area (Å²) in [6.45, 7) is 1.79. The number of carbonyl (C=O) groups is 2. The van der Waals surface area contributed by atoms with Gasteiger partial charge in [-0.15, -0.1) is 0 Å². The Balaban J connectivity index is 1.60. The van der Waals surface area contributed by atoms with E-state index in [1.165, 1.54) is 4.90 Å². The third-order valence-corrected chi connectivity index (χ3v) is 6.48. The topological polar surface area (TPSA) is 49.9 Å². The van der Waals surface area contributed by atoms with E-state index in [9.17, 15) is 9.59 Å². The largest absolute Gasteiger partial charge is 0.273 e. The van der Waals surface area contributed by atoms with Gasteiger partial charge in [0.2, 0.25) is 5.91 Å². The number of fused-ring (bicyclic) bond motifs is 1. The molecule has 0 aromatic heterocycles. The van der Waals surface area contributed by atoms with Crippen LogP contribution in [0.15, 0.2) is 72.8 Å². The first-order valence-electron chi connectivity index (χ1n) is 9.87. The summed E-state index contributed by atoms with van der Waals surface area (Å²) < 4.78 is 0. The van der Waals surface area contributed by atoms with Gasteiger partial charge in [0.15, 0.2) is 6.10 Å². The fourth-order valence-corrected chi connectivity index (χ4v) is 4.58. The van der Waals surface area contributed by atoms with Crippen LogP contribution in [0.25, 0.3) is 0 Å². The summed E-state index contributed by atoms with van der Waals surface area (Å²) in [6.07, 6.45) is -0.924. The summed E-state index contributed by atoms with van der Waals surface area (Å²) in [5.74, 6) is -1.40. The molecule has 31 heavy (non-hydrogen) atoms. The highest BCUT2D eigenvalue weighted by Crippen LogP contribution is 2.48. The average molecular weight is 453 g/mol. The van der Waals surface area contributed by atoms with Gasteiger partial charge in [0.25, 0.3) is 5.91 Å². The fraction of sp³-hybridized carbons (Fsp3) is 0.167. The maximum atomic E-state index is 13.6. The van der Waals surface area contributed by atoms with Gasteiger partial charge < -0.3 is 0 Å². The van der Waals surface area contributed by atoms with E-state index in [0.717, 1.165) is 11.3 Å². The van der Waals surface area contributed by atoms with Crippen LogP contribution in [-0.4, -0.2) is 17.9 Å². The lowest BCUT2D eigenvalue weighted by Gasteiger charge is -2.29. The number of para-hydroxylation sites is 1. The Kier molecular flexibility index (Phi) is 4.97. The molecule has 2 saturated heterocycles. The van der Waals surface area contributed by atoms with Crippen molar-refractivity contribution in [3.8, 4) is 0 Å². The lowest BCUT2D eigenvalue weighted by Crippen LogP contribution is -2.37.